The predicted molar refractivity (Wildman–Crippen MR) is 63.6 cm³/mol. The predicted octanol–water partition coefficient (Wildman–Crippen LogP) is -0.0532. The molecule has 0 spiro atoms. The van der Waals surface area contributed by atoms with Gasteiger partial charge in [-0.25, -0.2) is 9.59 Å². The van der Waals surface area contributed by atoms with Crippen molar-refractivity contribution in [2.75, 3.05) is 13.2 Å². The summed E-state index contributed by atoms with van der Waals surface area (Å²) in [7, 11) is 0. The summed E-state index contributed by atoms with van der Waals surface area (Å²) in [6, 6.07) is 0. The second-order valence-corrected chi connectivity index (χ2v) is 3.36. The van der Waals surface area contributed by atoms with E-state index in [1.165, 1.54) is 18.2 Å². The number of ether oxygens (including phenoxy) is 2. The molecule has 0 amide bonds. The van der Waals surface area contributed by atoms with Crippen LogP contribution in [0.3, 0.4) is 0 Å². The molecule has 2 N–H and O–H groups in total. The van der Waals surface area contributed by atoms with E-state index in [2.05, 4.69) is 4.74 Å². The Bertz CT molecular complexity index is 321. The lowest BCUT2D eigenvalue weighted by Gasteiger charge is -2.20. The number of aliphatic hydroxyl groups is 2. The average molecular weight is 258 g/mol. The molecule has 0 saturated heterocycles. The number of rotatable bonds is 7. The van der Waals surface area contributed by atoms with E-state index in [-0.39, 0.29) is 6.61 Å². The van der Waals surface area contributed by atoms with Crippen LogP contribution in [0.15, 0.2) is 24.3 Å². The van der Waals surface area contributed by atoms with Gasteiger partial charge in [-0.3, -0.25) is 0 Å². The Hall–Kier alpha value is -1.66. The first kappa shape index (κ1) is 16.3. The van der Waals surface area contributed by atoms with Gasteiger partial charge in [-0.1, -0.05) is 12.2 Å². The molecule has 0 aromatic carbocycles. The topological polar surface area (TPSA) is 93.1 Å². The fraction of sp³-hybridized carbons (Fsp3) is 0.500. The van der Waals surface area contributed by atoms with Crippen LogP contribution in [-0.4, -0.2) is 47.6 Å². The highest BCUT2D eigenvalue weighted by Crippen LogP contribution is 2.02. The molecule has 0 aromatic heterocycles. The summed E-state index contributed by atoms with van der Waals surface area (Å²) >= 11 is 0. The van der Waals surface area contributed by atoms with Crippen LogP contribution in [-0.2, 0) is 19.1 Å². The molecule has 0 fully saturated rings. The number of esters is 2. The van der Waals surface area contributed by atoms with E-state index >= 15 is 0 Å². The number of carbonyl (C=O) groups is 2. The second kappa shape index (κ2) is 9.38. The zero-order valence-electron chi connectivity index (χ0n) is 10.4. The molecule has 0 aliphatic rings. The first-order valence-corrected chi connectivity index (χ1v) is 5.46. The van der Waals surface area contributed by atoms with E-state index < -0.39 is 30.8 Å². The number of allylic oxidation sites excluding steroid dienone is 2. The molecule has 0 aliphatic carbocycles. The Labute approximate surface area is 106 Å². The van der Waals surface area contributed by atoms with Crippen molar-refractivity contribution >= 4 is 11.9 Å². The van der Waals surface area contributed by atoms with Gasteiger partial charge in [0.15, 0.2) is 6.10 Å². The van der Waals surface area contributed by atoms with Crippen molar-refractivity contribution in [3.8, 4) is 0 Å². The van der Waals surface area contributed by atoms with Crippen LogP contribution in [0.1, 0.15) is 13.8 Å². The maximum atomic E-state index is 11.1. The molecule has 0 radical (unpaired) electrons. The third kappa shape index (κ3) is 6.82. The summed E-state index contributed by atoms with van der Waals surface area (Å²) in [4.78, 5) is 22.1. The molecule has 6 nitrogen and oxygen atoms in total. The lowest BCUT2D eigenvalue weighted by atomic mass is 10.2. The van der Waals surface area contributed by atoms with Gasteiger partial charge in [-0.15, -0.1) is 0 Å². The molecular weight excluding hydrogens is 240 g/mol. The minimum atomic E-state index is -1.28. The van der Waals surface area contributed by atoms with Crippen molar-refractivity contribution in [1.29, 1.82) is 0 Å². The van der Waals surface area contributed by atoms with Crippen LogP contribution >= 0.6 is 0 Å². The Morgan fingerprint density at radius 2 is 1.72 bits per heavy atom. The highest BCUT2D eigenvalue weighted by Gasteiger charge is 2.23. The molecule has 0 aliphatic heterocycles. The van der Waals surface area contributed by atoms with Crippen LogP contribution in [0, 0.1) is 0 Å². The van der Waals surface area contributed by atoms with Crippen LogP contribution in [0.5, 0.6) is 0 Å². The van der Waals surface area contributed by atoms with Gasteiger partial charge in [0.2, 0.25) is 0 Å². The highest BCUT2D eigenvalue weighted by atomic mass is 16.6. The van der Waals surface area contributed by atoms with Gasteiger partial charge < -0.3 is 19.7 Å². The third-order valence-electron chi connectivity index (χ3n) is 1.88. The van der Waals surface area contributed by atoms with Crippen LogP contribution in [0.4, 0.5) is 0 Å². The molecular formula is C12H18O6. The monoisotopic (exact) mass is 258 g/mol. The molecule has 0 saturated carbocycles. The van der Waals surface area contributed by atoms with Gasteiger partial charge in [0, 0.05) is 12.2 Å². The summed E-state index contributed by atoms with van der Waals surface area (Å²) < 4.78 is 9.43. The molecule has 2 unspecified atom stereocenters. The average Bonchev–Trinajstić information content (AvgIpc) is 2.33. The van der Waals surface area contributed by atoms with Crippen molar-refractivity contribution in [2.24, 2.45) is 0 Å². The SMILES string of the molecule is C/C=C\C(=O)OCC(O)C(CO)OC(=O)/C=C\C. The quantitative estimate of drug-likeness (QED) is 0.491. The molecule has 0 bridgehead atoms. The van der Waals surface area contributed by atoms with Gasteiger partial charge in [-0.05, 0) is 13.8 Å². The smallest absolute Gasteiger partial charge is 0.330 e. The first-order chi connectivity index (χ1) is 8.54. The summed E-state index contributed by atoms with van der Waals surface area (Å²) in [6.07, 6.45) is 2.89. The molecule has 2 atom stereocenters. The Morgan fingerprint density at radius 1 is 1.17 bits per heavy atom. The summed E-state index contributed by atoms with van der Waals surface area (Å²) in [6.45, 7) is 2.35. The van der Waals surface area contributed by atoms with Crippen molar-refractivity contribution < 1.29 is 29.3 Å². The summed E-state index contributed by atoms with van der Waals surface area (Å²) in [5.41, 5.74) is 0. The summed E-state index contributed by atoms with van der Waals surface area (Å²) in [5, 5.41) is 18.5. The summed E-state index contributed by atoms with van der Waals surface area (Å²) in [5.74, 6) is -1.30. The van der Waals surface area contributed by atoms with Crippen LogP contribution in [0.2, 0.25) is 0 Å². The lowest BCUT2D eigenvalue weighted by molar-refractivity contribution is -0.158. The largest absolute Gasteiger partial charge is 0.460 e. The van der Waals surface area contributed by atoms with Gasteiger partial charge in [-0.2, -0.15) is 0 Å². The van der Waals surface area contributed by atoms with E-state index in [1.807, 2.05) is 0 Å². The fourth-order valence-corrected chi connectivity index (χ4v) is 1.02. The van der Waals surface area contributed by atoms with E-state index in [0.717, 1.165) is 6.08 Å². The Kier molecular flexibility index (Phi) is 8.51. The molecule has 6 heteroatoms. The van der Waals surface area contributed by atoms with Gasteiger partial charge >= 0.3 is 11.9 Å². The first-order valence-electron chi connectivity index (χ1n) is 5.46. The maximum Gasteiger partial charge on any atom is 0.330 e. The highest BCUT2D eigenvalue weighted by molar-refractivity contribution is 5.82. The molecule has 18 heavy (non-hydrogen) atoms. The van der Waals surface area contributed by atoms with Crippen molar-refractivity contribution in [1.82, 2.24) is 0 Å². The lowest BCUT2D eigenvalue weighted by Crippen LogP contribution is -2.37. The standard InChI is InChI=1S/C12H18O6/c1-3-5-11(15)17-8-9(14)10(7-13)18-12(16)6-4-2/h3-6,9-10,13-14H,7-8H2,1-2H3/b5-3-,6-4-. The Morgan fingerprint density at radius 3 is 2.22 bits per heavy atom. The molecule has 0 rings (SSSR count). The molecule has 0 aromatic rings. The van der Waals surface area contributed by atoms with Crippen molar-refractivity contribution in [3.05, 3.63) is 24.3 Å². The number of carbonyl (C=O) groups excluding carboxylic acids is 2. The Balaban J connectivity index is 4.22. The van der Waals surface area contributed by atoms with Gasteiger partial charge in [0.25, 0.3) is 0 Å². The fourth-order valence-electron chi connectivity index (χ4n) is 1.02. The minimum absolute atomic E-state index is 0.364. The number of aliphatic hydroxyl groups excluding tert-OH is 2. The maximum absolute atomic E-state index is 11.1. The third-order valence-corrected chi connectivity index (χ3v) is 1.88. The van der Waals surface area contributed by atoms with E-state index in [1.54, 1.807) is 13.8 Å². The van der Waals surface area contributed by atoms with E-state index in [4.69, 9.17) is 9.84 Å². The zero-order valence-corrected chi connectivity index (χ0v) is 10.4. The van der Waals surface area contributed by atoms with Crippen LogP contribution in [0.25, 0.3) is 0 Å². The number of hydrogen-bond donors (Lipinski definition) is 2. The molecule has 102 valence electrons. The zero-order chi connectivity index (χ0) is 14.0. The minimum Gasteiger partial charge on any atom is -0.460 e. The van der Waals surface area contributed by atoms with Gasteiger partial charge in [0.05, 0.1) is 6.61 Å². The van der Waals surface area contributed by atoms with E-state index in [9.17, 15) is 14.7 Å². The van der Waals surface area contributed by atoms with Crippen molar-refractivity contribution in [2.45, 2.75) is 26.1 Å². The van der Waals surface area contributed by atoms with Crippen LogP contribution < -0.4 is 0 Å². The molecule has 0 heterocycles. The normalized spacial score (nSPS) is 14.7. The van der Waals surface area contributed by atoms with E-state index in [0.29, 0.717) is 0 Å². The second-order valence-electron chi connectivity index (χ2n) is 3.36. The number of hydrogen-bond acceptors (Lipinski definition) is 6. The van der Waals surface area contributed by atoms with Gasteiger partial charge in [0.1, 0.15) is 12.7 Å². The van der Waals surface area contributed by atoms with Crippen molar-refractivity contribution in [3.63, 3.8) is 0 Å².